The highest BCUT2D eigenvalue weighted by molar-refractivity contribution is 8.13. The van der Waals surface area contributed by atoms with Gasteiger partial charge < -0.3 is 4.74 Å². The molecule has 88 valence electrons. The normalized spacial score (nSPS) is 14.8. The fourth-order valence-electron chi connectivity index (χ4n) is 1.14. The Balaban J connectivity index is 3.23. The van der Waals surface area contributed by atoms with Crippen molar-refractivity contribution in [2.45, 2.75) is 18.2 Å². The summed E-state index contributed by atoms with van der Waals surface area (Å²) in [5, 5.41) is 0. The van der Waals surface area contributed by atoms with Gasteiger partial charge in [-0.05, 0) is 18.2 Å². The van der Waals surface area contributed by atoms with E-state index in [1.807, 2.05) is 0 Å². The monoisotopic (exact) mass is 265 g/mol. The fraction of sp³-hybridized carbons (Fsp3) is 0.300. The van der Waals surface area contributed by atoms with Crippen molar-refractivity contribution in [3.63, 3.8) is 0 Å². The van der Waals surface area contributed by atoms with Crippen LogP contribution in [-0.4, -0.2) is 21.3 Å². The van der Waals surface area contributed by atoms with Crippen LogP contribution in [0.5, 0.6) is 5.75 Å². The van der Waals surface area contributed by atoms with E-state index in [1.54, 1.807) is 0 Å². The van der Waals surface area contributed by atoms with Crippen molar-refractivity contribution in [2.75, 3.05) is 7.11 Å². The lowest BCUT2D eigenvalue weighted by atomic mass is 10.1. The Bertz CT molecular complexity index is 595. The number of methoxy groups -OCH3 is 1. The van der Waals surface area contributed by atoms with E-state index in [9.17, 15) is 13.2 Å². The molecule has 4 nitrogen and oxygen atoms in total. The molecule has 0 N–H and O–H groups in total. The molecule has 0 saturated carbocycles. The van der Waals surface area contributed by atoms with E-state index < -0.39 is 28.1 Å². The van der Waals surface area contributed by atoms with Crippen LogP contribution in [0.4, 0.5) is 0 Å². The lowest BCUT2D eigenvalue weighted by molar-refractivity contribution is 0.0988. The van der Waals surface area contributed by atoms with E-state index in [-0.39, 0.29) is 16.2 Å². The number of hydrogen-bond donors (Lipinski definition) is 0. The van der Waals surface area contributed by atoms with E-state index in [2.05, 4.69) is 0 Å². The Kier molecular flexibility index (Phi) is 2.73. The number of carbonyl (C=O) groups excluding carboxylic acids is 1. The third kappa shape index (κ3) is 2.74. The highest BCUT2D eigenvalue weighted by Crippen LogP contribution is 2.28. The maximum atomic E-state index is 11.7. The minimum atomic E-state index is -4.09. The zero-order valence-electron chi connectivity index (χ0n) is 11.4. The fourth-order valence-corrected chi connectivity index (χ4v) is 2.16. The predicted molar refractivity (Wildman–Crippen MR) is 60.7 cm³/mol. The molecule has 0 amide bonds. The van der Waals surface area contributed by atoms with Gasteiger partial charge >= 0.3 is 0 Å². The molecular formula is C10H11ClO4S. The average molecular weight is 266 g/mol. The summed E-state index contributed by atoms with van der Waals surface area (Å²) in [6, 6.07) is 3.55. The maximum absolute atomic E-state index is 11.7. The van der Waals surface area contributed by atoms with Crippen LogP contribution in [0.2, 0.25) is 0 Å². The number of rotatable bonds is 4. The van der Waals surface area contributed by atoms with Crippen molar-refractivity contribution >= 4 is 25.5 Å². The van der Waals surface area contributed by atoms with Crippen molar-refractivity contribution in [3.8, 4) is 5.75 Å². The Morgan fingerprint density at radius 2 is 2.25 bits per heavy atom. The molecule has 16 heavy (non-hydrogen) atoms. The van der Waals surface area contributed by atoms with Gasteiger partial charge in [-0.3, -0.25) is 4.79 Å². The summed E-state index contributed by atoms with van der Waals surface area (Å²) >= 11 is 0. The first kappa shape index (κ1) is 9.01. The SMILES string of the molecule is [2H]C([2H])([2H])CC(=O)c1ccc(OC)c(S(=O)(=O)Cl)c1. The highest BCUT2D eigenvalue weighted by atomic mass is 35.7. The average Bonchev–Trinajstić information content (AvgIpc) is 2.24. The molecule has 0 aromatic heterocycles. The molecule has 1 rings (SSSR count). The lowest BCUT2D eigenvalue weighted by Gasteiger charge is -2.07. The molecule has 0 radical (unpaired) electrons. The number of hydrogen-bond acceptors (Lipinski definition) is 4. The standard InChI is InChI=1S/C10H11ClO4S/c1-3-8(12)7-4-5-9(15-2)10(6-7)16(11,13)14/h4-6H,3H2,1-2H3/i1D3. The second-order valence-electron chi connectivity index (χ2n) is 2.90. The summed E-state index contributed by atoms with van der Waals surface area (Å²) in [5.41, 5.74) is -0.0452. The van der Waals surface area contributed by atoms with E-state index in [1.165, 1.54) is 19.2 Å². The van der Waals surface area contributed by atoms with Crippen molar-refractivity contribution in [1.82, 2.24) is 0 Å². The molecule has 0 aliphatic heterocycles. The van der Waals surface area contributed by atoms with Gasteiger partial charge in [0.05, 0.1) is 7.11 Å². The summed E-state index contributed by atoms with van der Waals surface area (Å²) in [5.74, 6) is -0.704. The molecule has 0 aliphatic carbocycles. The van der Waals surface area contributed by atoms with Gasteiger partial charge in [0.15, 0.2) is 5.78 Å². The van der Waals surface area contributed by atoms with E-state index in [4.69, 9.17) is 19.5 Å². The number of carbonyl (C=O) groups is 1. The Morgan fingerprint density at radius 1 is 1.56 bits per heavy atom. The molecular weight excluding hydrogens is 252 g/mol. The molecule has 0 aliphatic rings. The molecule has 1 aromatic carbocycles. The third-order valence-corrected chi connectivity index (χ3v) is 3.25. The van der Waals surface area contributed by atoms with Gasteiger partial charge in [-0.15, -0.1) is 0 Å². The van der Waals surface area contributed by atoms with Crippen molar-refractivity contribution in [3.05, 3.63) is 23.8 Å². The quantitative estimate of drug-likeness (QED) is 0.619. The summed E-state index contributed by atoms with van der Waals surface area (Å²) < 4.78 is 48.5. The molecule has 0 heterocycles. The number of Topliss-reactive ketones (excluding diaryl/α,β-unsaturated/α-hetero) is 1. The van der Waals surface area contributed by atoms with Gasteiger partial charge in [-0.2, -0.15) is 0 Å². The van der Waals surface area contributed by atoms with Crippen molar-refractivity contribution < 1.29 is 22.1 Å². The van der Waals surface area contributed by atoms with Crippen LogP contribution < -0.4 is 4.74 Å². The summed E-state index contributed by atoms with van der Waals surface area (Å²) in [7, 11) is 2.39. The number of ketones is 1. The number of ether oxygens (including phenoxy) is 1. The van der Waals surface area contributed by atoms with Gasteiger partial charge in [0, 0.05) is 26.8 Å². The van der Waals surface area contributed by atoms with E-state index >= 15 is 0 Å². The molecule has 0 fully saturated rings. The number of benzene rings is 1. The molecule has 0 atom stereocenters. The predicted octanol–water partition coefficient (Wildman–Crippen LogP) is 2.22. The minimum Gasteiger partial charge on any atom is -0.495 e. The first-order chi connectivity index (χ1) is 8.54. The van der Waals surface area contributed by atoms with Gasteiger partial charge in [0.2, 0.25) is 0 Å². The van der Waals surface area contributed by atoms with Crippen LogP contribution in [0.15, 0.2) is 23.1 Å². The van der Waals surface area contributed by atoms with Gasteiger partial charge in [0.25, 0.3) is 9.05 Å². The van der Waals surface area contributed by atoms with Crippen LogP contribution in [-0.2, 0) is 9.05 Å². The summed E-state index contributed by atoms with van der Waals surface area (Å²) in [4.78, 5) is 11.3. The van der Waals surface area contributed by atoms with E-state index in [0.717, 1.165) is 6.07 Å². The first-order valence-corrected chi connectivity index (χ1v) is 6.51. The largest absolute Gasteiger partial charge is 0.495 e. The van der Waals surface area contributed by atoms with Gasteiger partial charge in [0.1, 0.15) is 10.6 Å². The van der Waals surface area contributed by atoms with Crippen LogP contribution in [0, 0.1) is 0 Å². The molecule has 0 spiro atoms. The summed E-state index contributed by atoms with van der Waals surface area (Å²) in [6.07, 6.45) is -0.679. The van der Waals surface area contributed by atoms with Crippen LogP contribution in [0.3, 0.4) is 0 Å². The zero-order valence-corrected chi connectivity index (χ0v) is 9.93. The molecule has 1 aromatic rings. The minimum absolute atomic E-state index is 0.0135. The van der Waals surface area contributed by atoms with Crippen LogP contribution in [0.1, 0.15) is 27.7 Å². The number of halogens is 1. The summed E-state index contributed by atoms with van der Waals surface area (Å²) in [6.45, 7) is -2.42. The van der Waals surface area contributed by atoms with Crippen molar-refractivity contribution in [2.24, 2.45) is 0 Å². The lowest BCUT2D eigenvalue weighted by Crippen LogP contribution is -2.01. The smallest absolute Gasteiger partial charge is 0.265 e. The van der Waals surface area contributed by atoms with Gasteiger partial charge in [-0.1, -0.05) is 6.85 Å². The topological polar surface area (TPSA) is 60.4 Å². The second kappa shape index (κ2) is 4.84. The first-order valence-electron chi connectivity index (χ1n) is 5.70. The van der Waals surface area contributed by atoms with Crippen LogP contribution in [0.25, 0.3) is 0 Å². The Labute approximate surface area is 103 Å². The maximum Gasteiger partial charge on any atom is 0.265 e. The molecule has 0 unspecified atom stereocenters. The van der Waals surface area contributed by atoms with Gasteiger partial charge in [-0.25, -0.2) is 8.42 Å². The third-order valence-electron chi connectivity index (χ3n) is 1.91. The van der Waals surface area contributed by atoms with E-state index in [0.29, 0.717) is 0 Å². The molecule has 0 saturated heterocycles. The van der Waals surface area contributed by atoms with Crippen LogP contribution >= 0.6 is 10.7 Å². The molecule has 0 bridgehead atoms. The second-order valence-corrected chi connectivity index (χ2v) is 5.44. The molecule has 6 heteroatoms. The highest BCUT2D eigenvalue weighted by Gasteiger charge is 2.18. The zero-order chi connectivity index (χ0) is 14.8. The Hall–Kier alpha value is -1.07. The van der Waals surface area contributed by atoms with Crippen molar-refractivity contribution in [1.29, 1.82) is 0 Å². The Morgan fingerprint density at radius 3 is 2.75 bits per heavy atom.